The summed E-state index contributed by atoms with van der Waals surface area (Å²) in [5, 5.41) is 0.221. The number of hydrogen-bond donors (Lipinski definition) is 0. The van der Waals surface area contributed by atoms with E-state index in [2.05, 4.69) is 79.1 Å². The van der Waals surface area contributed by atoms with Crippen molar-refractivity contribution in [1.82, 2.24) is 15.0 Å². The van der Waals surface area contributed by atoms with Gasteiger partial charge in [0.1, 0.15) is 0 Å². The van der Waals surface area contributed by atoms with Gasteiger partial charge in [-0.05, 0) is 41.0 Å². The Balaban J connectivity index is 1.94. The summed E-state index contributed by atoms with van der Waals surface area (Å²) in [6.07, 6.45) is 10.3. The van der Waals surface area contributed by atoms with Gasteiger partial charge in [0, 0.05) is 11.1 Å². The van der Waals surface area contributed by atoms with Crippen LogP contribution in [0.2, 0.25) is 5.28 Å². The zero-order chi connectivity index (χ0) is 18.7. The third-order valence-corrected chi connectivity index (χ3v) is 4.67. The Bertz CT molecular complexity index is 885. The molecule has 3 rings (SSSR count). The summed E-state index contributed by atoms with van der Waals surface area (Å²) < 4.78 is 0. The van der Waals surface area contributed by atoms with Gasteiger partial charge in [-0.2, -0.15) is 9.97 Å². The Morgan fingerprint density at radius 3 is 2.35 bits per heavy atom. The number of hydrogen-bond acceptors (Lipinski definition) is 3. The van der Waals surface area contributed by atoms with Gasteiger partial charge in [-0.15, -0.1) is 0 Å². The SMILES string of the molecule is CCc1ccc(-c2nc(Cl)nc(C3=CC=CC(C(C)(C)C)=CC3)n2)cc1. The molecule has 0 N–H and O–H groups in total. The van der Waals surface area contributed by atoms with Gasteiger partial charge in [0.15, 0.2) is 11.6 Å². The Morgan fingerprint density at radius 2 is 1.69 bits per heavy atom. The minimum absolute atomic E-state index is 0.114. The smallest absolute Gasteiger partial charge is 0.208 e. The van der Waals surface area contributed by atoms with Crippen molar-refractivity contribution in [1.29, 1.82) is 0 Å². The Hall–Kier alpha value is -2.26. The van der Waals surface area contributed by atoms with E-state index >= 15 is 0 Å². The highest BCUT2D eigenvalue weighted by Crippen LogP contribution is 2.31. The molecule has 0 atom stereocenters. The topological polar surface area (TPSA) is 38.7 Å². The predicted octanol–water partition coefficient (Wildman–Crippen LogP) is 6.07. The van der Waals surface area contributed by atoms with Crippen LogP contribution in [0.25, 0.3) is 17.0 Å². The van der Waals surface area contributed by atoms with Gasteiger partial charge in [0.05, 0.1) is 0 Å². The molecule has 134 valence electrons. The van der Waals surface area contributed by atoms with Gasteiger partial charge in [-0.1, -0.05) is 76.3 Å². The van der Waals surface area contributed by atoms with Crippen LogP contribution in [0.3, 0.4) is 0 Å². The summed E-state index contributed by atoms with van der Waals surface area (Å²) in [5.74, 6) is 1.24. The molecule has 1 heterocycles. The van der Waals surface area contributed by atoms with E-state index in [1.165, 1.54) is 11.1 Å². The van der Waals surface area contributed by atoms with E-state index in [-0.39, 0.29) is 10.7 Å². The zero-order valence-electron chi connectivity index (χ0n) is 15.8. The molecule has 2 aromatic rings. The van der Waals surface area contributed by atoms with Crippen LogP contribution in [-0.4, -0.2) is 15.0 Å². The molecular weight excluding hydrogens is 342 g/mol. The number of nitrogens with zero attached hydrogens (tertiary/aromatic N) is 3. The quantitative estimate of drug-likeness (QED) is 0.662. The average Bonchev–Trinajstić information content (AvgIpc) is 2.87. The first-order valence-electron chi connectivity index (χ1n) is 8.96. The Kier molecular flexibility index (Phi) is 5.38. The summed E-state index contributed by atoms with van der Waals surface area (Å²) in [5.41, 5.74) is 4.69. The lowest BCUT2D eigenvalue weighted by molar-refractivity contribution is 0.516. The third-order valence-electron chi connectivity index (χ3n) is 4.50. The van der Waals surface area contributed by atoms with Crippen LogP contribution in [0.5, 0.6) is 0 Å². The van der Waals surface area contributed by atoms with Gasteiger partial charge >= 0.3 is 0 Å². The average molecular weight is 366 g/mol. The van der Waals surface area contributed by atoms with E-state index in [0.29, 0.717) is 11.6 Å². The lowest BCUT2D eigenvalue weighted by Crippen LogP contribution is -2.07. The van der Waals surface area contributed by atoms with E-state index in [0.717, 1.165) is 24.0 Å². The molecule has 0 spiro atoms. The van der Waals surface area contributed by atoms with Crippen LogP contribution < -0.4 is 0 Å². The van der Waals surface area contributed by atoms with Crippen LogP contribution in [0.15, 0.2) is 54.1 Å². The fraction of sp³-hybridized carbons (Fsp3) is 0.318. The van der Waals surface area contributed by atoms with E-state index in [1.54, 1.807) is 0 Å². The molecule has 0 saturated carbocycles. The monoisotopic (exact) mass is 365 g/mol. The molecule has 3 nitrogen and oxygen atoms in total. The van der Waals surface area contributed by atoms with Crippen LogP contribution in [-0.2, 0) is 6.42 Å². The highest BCUT2D eigenvalue weighted by Gasteiger charge is 2.17. The van der Waals surface area contributed by atoms with Gasteiger partial charge < -0.3 is 0 Å². The van der Waals surface area contributed by atoms with Crippen LogP contribution in [0, 0.1) is 5.41 Å². The molecular formula is C22H24ClN3. The van der Waals surface area contributed by atoms with Crippen LogP contribution >= 0.6 is 11.6 Å². The van der Waals surface area contributed by atoms with E-state index < -0.39 is 0 Å². The molecule has 0 amide bonds. The largest absolute Gasteiger partial charge is 0.226 e. The van der Waals surface area contributed by atoms with Crippen LogP contribution in [0.4, 0.5) is 0 Å². The van der Waals surface area contributed by atoms with Crippen molar-refractivity contribution in [3.8, 4) is 11.4 Å². The summed E-state index contributed by atoms with van der Waals surface area (Å²) in [6.45, 7) is 8.78. The first kappa shape index (κ1) is 18.5. The number of halogens is 1. The maximum atomic E-state index is 6.20. The molecule has 0 saturated heterocycles. The second kappa shape index (κ2) is 7.55. The summed E-state index contributed by atoms with van der Waals surface area (Å²) in [6, 6.07) is 8.26. The first-order valence-corrected chi connectivity index (χ1v) is 9.34. The fourth-order valence-electron chi connectivity index (χ4n) is 2.86. The summed E-state index contributed by atoms with van der Waals surface area (Å²) in [4.78, 5) is 13.3. The van der Waals surface area contributed by atoms with Gasteiger partial charge in [0.25, 0.3) is 0 Å². The number of allylic oxidation sites excluding steroid dienone is 6. The Labute approximate surface area is 160 Å². The van der Waals surface area contributed by atoms with E-state index in [4.69, 9.17) is 11.6 Å². The molecule has 0 aliphatic heterocycles. The summed E-state index contributed by atoms with van der Waals surface area (Å²) in [7, 11) is 0. The lowest BCUT2D eigenvalue weighted by Gasteiger charge is -2.19. The van der Waals surface area contributed by atoms with Gasteiger partial charge in [-0.3, -0.25) is 0 Å². The third kappa shape index (κ3) is 4.28. The van der Waals surface area contributed by atoms with Crippen molar-refractivity contribution < 1.29 is 0 Å². The summed E-state index contributed by atoms with van der Waals surface area (Å²) >= 11 is 6.20. The highest BCUT2D eigenvalue weighted by molar-refractivity contribution is 6.28. The molecule has 26 heavy (non-hydrogen) atoms. The zero-order valence-corrected chi connectivity index (χ0v) is 16.5. The lowest BCUT2D eigenvalue weighted by atomic mass is 9.86. The first-order chi connectivity index (χ1) is 12.4. The number of aromatic nitrogens is 3. The second-order valence-electron chi connectivity index (χ2n) is 7.47. The van der Waals surface area contributed by atoms with Gasteiger partial charge in [0.2, 0.25) is 5.28 Å². The second-order valence-corrected chi connectivity index (χ2v) is 7.80. The van der Waals surface area contributed by atoms with E-state index in [1.807, 2.05) is 12.1 Å². The van der Waals surface area contributed by atoms with Crippen molar-refractivity contribution in [3.05, 3.63) is 70.8 Å². The van der Waals surface area contributed by atoms with Crippen molar-refractivity contribution in [2.75, 3.05) is 0 Å². The molecule has 0 unspecified atom stereocenters. The fourth-order valence-corrected chi connectivity index (χ4v) is 3.02. The molecule has 1 aliphatic carbocycles. The van der Waals surface area contributed by atoms with Crippen molar-refractivity contribution in [2.24, 2.45) is 5.41 Å². The molecule has 0 fully saturated rings. The standard InChI is InChI=1S/C22H24ClN3/c1-5-15-9-11-17(12-10-15)20-24-19(25-21(23)26-20)16-7-6-8-18(14-13-16)22(2,3)4/h6-12,14H,5,13H2,1-4H3. The maximum absolute atomic E-state index is 6.20. The number of aryl methyl sites for hydroxylation is 1. The molecule has 1 aromatic heterocycles. The molecule has 0 bridgehead atoms. The van der Waals surface area contributed by atoms with E-state index in [9.17, 15) is 0 Å². The highest BCUT2D eigenvalue weighted by atomic mass is 35.5. The molecule has 0 radical (unpaired) electrons. The molecule has 1 aliphatic rings. The molecule has 1 aromatic carbocycles. The maximum Gasteiger partial charge on any atom is 0.226 e. The van der Waals surface area contributed by atoms with Gasteiger partial charge in [-0.25, -0.2) is 4.98 Å². The van der Waals surface area contributed by atoms with Crippen molar-refractivity contribution in [3.63, 3.8) is 0 Å². The van der Waals surface area contributed by atoms with Crippen molar-refractivity contribution in [2.45, 2.75) is 40.5 Å². The number of rotatable bonds is 3. The Morgan fingerprint density at radius 1 is 1.00 bits per heavy atom. The minimum atomic E-state index is 0.114. The predicted molar refractivity (Wildman–Crippen MR) is 109 cm³/mol. The van der Waals surface area contributed by atoms with Crippen LogP contribution in [0.1, 0.15) is 45.5 Å². The van der Waals surface area contributed by atoms with Crippen molar-refractivity contribution >= 4 is 17.2 Å². The minimum Gasteiger partial charge on any atom is -0.208 e. The molecule has 4 heteroatoms. The number of benzene rings is 1. The normalized spacial score (nSPS) is 14.7.